The molecule has 1 aliphatic rings. The van der Waals surface area contributed by atoms with Crippen LogP contribution in [-0.4, -0.2) is 48.7 Å². The van der Waals surface area contributed by atoms with Crippen LogP contribution in [0.25, 0.3) is 0 Å². The normalized spacial score (nSPS) is 14.2. The number of halogens is 1. The van der Waals surface area contributed by atoms with Gasteiger partial charge >= 0.3 is 0 Å². The van der Waals surface area contributed by atoms with E-state index < -0.39 is 0 Å². The van der Waals surface area contributed by atoms with Crippen LogP contribution in [0, 0.1) is 18.7 Å². The van der Waals surface area contributed by atoms with Gasteiger partial charge in [-0.1, -0.05) is 23.8 Å². The molecule has 1 aliphatic heterocycles. The predicted molar refractivity (Wildman–Crippen MR) is 143 cm³/mol. The van der Waals surface area contributed by atoms with Gasteiger partial charge in [0.25, 0.3) is 5.91 Å². The quantitative estimate of drug-likeness (QED) is 0.424. The number of amides is 2. The summed E-state index contributed by atoms with van der Waals surface area (Å²) in [5.41, 5.74) is 3.54. The highest BCUT2D eigenvalue weighted by molar-refractivity contribution is 6.07. The van der Waals surface area contributed by atoms with E-state index in [-0.39, 0.29) is 29.3 Å². The fourth-order valence-electron chi connectivity index (χ4n) is 4.67. The van der Waals surface area contributed by atoms with Crippen LogP contribution < -0.4 is 10.2 Å². The van der Waals surface area contributed by atoms with E-state index in [9.17, 15) is 18.8 Å². The summed E-state index contributed by atoms with van der Waals surface area (Å²) in [6.45, 7) is 6.11. The van der Waals surface area contributed by atoms with E-state index in [1.807, 2.05) is 31.2 Å². The summed E-state index contributed by atoms with van der Waals surface area (Å²) in [7, 11) is 0. The van der Waals surface area contributed by atoms with Gasteiger partial charge in [0.05, 0.1) is 0 Å². The maximum Gasteiger partial charge on any atom is 0.258 e. The number of ketones is 1. The minimum absolute atomic E-state index is 0.0650. The van der Waals surface area contributed by atoms with E-state index in [0.717, 1.165) is 37.2 Å². The summed E-state index contributed by atoms with van der Waals surface area (Å²) in [4.78, 5) is 41.9. The first-order valence-corrected chi connectivity index (χ1v) is 12.6. The van der Waals surface area contributed by atoms with Crippen LogP contribution in [0.2, 0.25) is 0 Å². The van der Waals surface area contributed by atoms with Gasteiger partial charge in [0, 0.05) is 48.4 Å². The number of hydrogen-bond acceptors (Lipinski definition) is 4. The van der Waals surface area contributed by atoms with Crippen molar-refractivity contribution in [2.24, 2.45) is 5.92 Å². The summed E-state index contributed by atoms with van der Waals surface area (Å²) in [5.74, 6) is -0.692. The number of nitrogens with zero attached hydrogens (tertiary/aromatic N) is 2. The first-order valence-electron chi connectivity index (χ1n) is 12.6. The molecule has 0 atom stereocenters. The summed E-state index contributed by atoms with van der Waals surface area (Å²) >= 11 is 0. The van der Waals surface area contributed by atoms with Crippen molar-refractivity contribution in [1.82, 2.24) is 4.90 Å². The number of benzene rings is 3. The second-order valence-electron chi connectivity index (χ2n) is 9.54. The first-order chi connectivity index (χ1) is 17.8. The standard InChI is InChI=1S/C30H32FN3O3/c1-21-6-12-28(13-7-21)34(30(37)25-4-3-5-27(20-25)32-22(2)35)19-18-33-16-14-24(15-17-33)29(36)23-8-10-26(31)11-9-23/h3-13,20,24H,14-19H2,1-2H3,(H,32,35). The van der Waals surface area contributed by atoms with Crippen molar-refractivity contribution in [3.8, 4) is 0 Å². The SMILES string of the molecule is CC(=O)Nc1cccc(C(=O)N(CCN2CCC(C(=O)c3ccc(F)cc3)CC2)c2ccc(C)cc2)c1. The monoisotopic (exact) mass is 501 g/mol. The molecular formula is C30H32FN3O3. The van der Waals surface area contributed by atoms with E-state index in [0.29, 0.717) is 29.9 Å². The van der Waals surface area contributed by atoms with Gasteiger partial charge < -0.3 is 15.1 Å². The molecule has 0 aliphatic carbocycles. The van der Waals surface area contributed by atoms with E-state index in [1.54, 1.807) is 41.3 Å². The maximum atomic E-state index is 13.6. The number of piperidine rings is 1. The Morgan fingerprint density at radius 3 is 2.27 bits per heavy atom. The number of nitrogens with one attached hydrogen (secondary N) is 1. The fraction of sp³-hybridized carbons (Fsp3) is 0.300. The summed E-state index contributed by atoms with van der Waals surface area (Å²) in [6.07, 6.45) is 1.46. The van der Waals surface area contributed by atoms with Gasteiger partial charge in [0.15, 0.2) is 5.78 Å². The zero-order valence-corrected chi connectivity index (χ0v) is 21.2. The molecule has 37 heavy (non-hydrogen) atoms. The lowest BCUT2D eigenvalue weighted by Gasteiger charge is -2.33. The highest BCUT2D eigenvalue weighted by atomic mass is 19.1. The average molecular weight is 502 g/mol. The third-order valence-electron chi connectivity index (χ3n) is 6.75. The molecule has 1 heterocycles. The van der Waals surface area contributed by atoms with Crippen molar-refractivity contribution >= 4 is 29.0 Å². The molecule has 2 amide bonds. The number of hydrogen-bond donors (Lipinski definition) is 1. The van der Waals surface area contributed by atoms with Gasteiger partial charge in [-0.3, -0.25) is 14.4 Å². The number of carbonyl (C=O) groups is 3. The molecule has 7 heteroatoms. The van der Waals surface area contributed by atoms with E-state index >= 15 is 0 Å². The number of rotatable bonds is 8. The van der Waals surface area contributed by atoms with Gasteiger partial charge in [-0.15, -0.1) is 0 Å². The number of anilines is 2. The van der Waals surface area contributed by atoms with E-state index in [4.69, 9.17) is 0 Å². The van der Waals surface area contributed by atoms with Gasteiger partial charge in [0.2, 0.25) is 5.91 Å². The van der Waals surface area contributed by atoms with E-state index in [2.05, 4.69) is 10.2 Å². The van der Waals surface area contributed by atoms with Crippen LogP contribution in [0.5, 0.6) is 0 Å². The largest absolute Gasteiger partial charge is 0.326 e. The van der Waals surface area contributed by atoms with Crippen LogP contribution in [0.4, 0.5) is 15.8 Å². The zero-order chi connectivity index (χ0) is 26.4. The molecule has 0 radical (unpaired) electrons. The van der Waals surface area contributed by atoms with Crippen LogP contribution in [0.1, 0.15) is 46.0 Å². The second kappa shape index (κ2) is 11.9. The molecule has 1 saturated heterocycles. The Hall–Kier alpha value is -3.84. The molecule has 192 valence electrons. The topological polar surface area (TPSA) is 69.7 Å². The predicted octanol–water partition coefficient (Wildman–Crippen LogP) is 5.33. The van der Waals surface area contributed by atoms with Crippen molar-refractivity contribution in [2.45, 2.75) is 26.7 Å². The molecular weight excluding hydrogens is 469 g/mol. The van der Waals surface area contributed by atoms with E-state index in [1.165, 1.54) is 19.1 Å². The van der Waals surface area contributed by atoms with Gasteiger partial charge in [0.1, 0.15) is 5.82 Å². The Kier molecular flexibility index (Phi) is 8.46. The molecule has 4 rings (SSSR count). The number of Topliss-reactive ketones (excluding diaryl/α,β-unsaturated/α-hetero) is 1. The number of likely N-dealkylation sites (tertiary alicyclic amines) is 1. The van der Waals surface area contributed by atoms with Crippen LogP contribution >= 0.6 is 0 Å². The molecule has 0 spiro atoms. The molecule has 1 N–H and O–H groups in total. The maximum absolute atomic E-state index is 13.6. The van der Waals surface area contributed by atoms with Crippen molar-refractivity contribution in [3.63, 3.8) is 0 Å². The third kappa shape index (κ3) is 6.89. The molecule has 0 unspecified atom stereocenters. The zero-order valence-electron chi connectivity index (χ0n) is 21.2. The Bertz CT molecular complexity index is 1250. The summed E-state index contributed by atoms with van der Waals surface area (Å²) < 4.78 is 13.2. The number of aryl methyl sites for hydroxylation is 1. The average Bonchev–Trinajstić information content (AvgIpc) is 2.90. The lowest BCUT2D eigenvalue weighted by atomic mass is 9.89. The smallest absolute Gasteiger partial charge is 0.258 e. The van der Waals surface area contributed by atoms with Crippen LogP contribution in [0.3, 0.4) is 0 Å². The third-order valence-corrected chi connectivity index (χ3v) is 6.75. The Balaban J connectivity index is 1.42. The van der Waals surface area contributed by atoms with Gasteiger partial charge in [-0.2, -0.15) is 0 Å². The summed E-state index contributed by atoms with van der Waals surface area (Å²) in [5, 5.41) is 2.73. The van der Waals surface area contributed by atoms with Gasteiger partial charge in [-0.05, 0) is 87.5 Å². The van der Waals surface area contributed by atoms with Crippen molar-refractivity contribution in [1.29, 1.82) is 0 Å². The molecule has 0 aromatic heterocycles. The molecule has 0 saturated carbocycles. The van der Waals surface area contributed by atoms with Crippen LogP contribution in [0.15, 0.2) is 72.8 Å². The van der Waals surface area contributed by atoms with Crippen molar-refractivity contribution < 1.29 is 18.8 Å². The molecule has 1 fully saturated rings. The Morgan fingerprint density at radius 2 is 1.62 bits per heavy atom. The minimum Gasteiger partial charge on any atom is -0.326 e. The first kappa shape index (κ1) is 26.2. The lowest BCUT2D eigenvalue weighted by molar-refractivity contribution is -0.114. The highest BCUT2D eigenvalue weighted by Gasteiger charge is 2.27. The molecule has 0 bridgehead atoms. The Morgan fingerprint density at radius 1 is 0.946 bits per heavy atom. The van der Waals surface area contributed by atoms with Crippen molar-refractivity contribution in [2.75, 3.05) is 36.4 Å². The molecule has 3 aromatic rings. The molecule has 6 nitrogen and oxygen atoms in total. The van der Waals surface area contributed by atoms with Crippen LogP contribution in [-0.2, 0) is 4.79 Å². The minimum atomic E-state index is -0.346. The summed E-state index contributed by atoms with van der Waals surface area (Å²) in [6, 6.07) is 20.6. The Labute approximate surface area is 217 Å². The van der Waals surface area contributed by atoms with Gasteiger partial charge in [-0.25, -0.2) is 4.39 Å². The molecule has 3 aromatic carbocycles. The lowest BCUT2D eigenvalue weighted by Crippen LogP contribution is -2.42. The second-order valence-corrected chi connectivity index (χ2v) is 9.54. The van der Waals surface area contributed by atoms with Crippen molar-refractivity contribution in [3.05, 3.63) is 95.3 Å². The fourth-order valence-corrected chi connectivity index (χ4v) is 4.67. The number of carbonyl (C=O) groups excluding carboxylic acids is 3. The highest BCUT2D eigenvalue weighted by Crippen LogP contribution is 2.24.